The average Bonchev–Trinajstić information content (AvgIpc) is 2.93. The summed E-state index contributed by atoms with van der Waals surface area (Å²) < 4.78 is 25.0. The quantitative estimate of drug-likeness (QED) is 0.721. The molecule has 5 nitrogen and oxygen atoms in total. The van der Waals surface area contributed by atoms with Crippen molar-refractivity contribution in [2.24, 2.45) is 5.73 Å². The maximum atomic E-state index is 13.8. The second-order valence-electron chi connectivity index (χ2n) is 7.36. The Bertz CT molecular complexity index is 828. The van der Waals surface area contributed by atoms with Crippen molar-refractivity contribution in [1.29, 1.82) is 0 Å². The molecule has 0 spiro atoms. The SMILES string of the molecule is CCOc1cc(CN2CCCCCC2c2cccc(F)c2)ccc1OCC(N)=O. The molecular weight excluding hydrogens is 371 g/mol. The van der Waals surface area contributed by atoms with E-state index in [9.17, 15) is 9.18 Å². The molecule has 0 radical (unpaired) electrons. The molecule has 1 amide bonds. The molecule has 156 valence electrons. The van der Waals surface area contributed by atoms with E-state index in [1.54, 1.807) is 12.1 Å². The van der Waals surface area contributed by atoms with E-state index >= 15 is 0 Å². The van der Waals surface area contributed by atoms with E-state index in [4.69, 9.17) is 15.2 Å². The minimum Gasteiger partial charge on any atom is -0.490 e. The van der Waals surface area contributed by atoms with E-state index in [1.165, 1.54) is 12.5 Å². The zero-order valence-corrected chi connectivity index (χ0v) is 16.9. The van der Waals surface area contributed by atoms with Gasteiger partial charge in [0.2, 0.25) is 0 Å². The number of nitrogens with zero attached hydrogens (tertiary/aromatic N) is 1. The Kier molecular flexibility index (Phi) is 7.47. The van der Waals surface area contributed by atoms with Crippen LogP contribution < -0.4 is 15.2 Å². The van der Waals surface area contributed by atoms with Crippen molar-refractivity contribution >= 4 is 5.91 Å². The van der Waals surface area contributed by atoms with Crippen LogP contribution in [-0.2, 0) is 11.3 Å². The maximum absolute atomic E-state index is 13.8. The van der Waals surface area contributed by atoms with Crippen LogP contribution in [0.3, 0.4) is 0 Å². The first kappa shape index (κ1) is 21.1. The fourth-order valence-corrected chi connectivity index (χ4v) is 3.87. The van der Waals surface area contributed by atoms with Crippen molar-refractivity contribution < 1.29 is 18.7 Å². The highest BCUT2D eigenvalue weighted by Gasteiger charge is 2.23. The summed E-state index contributed by atoms with van der Waals surface area (Å²) in [7, 11) is 0. The number of nitrogens with two attached hydrogens (primary N) is 1. The number of ether oxygens (including phenoxy) is 2. The third-order valence-corrected chi connectivity index (χ3v) is 5.16. The molecule has 1 heterocycles. The van der Waals surface area contributed by atoms with Gasteiger partial charge in [-0.15, -0.1) is 0 Å². The van der Waals surface area contributed by atoms with Crippen LogP contribution >= 0.6 is 0 Å². The van der Waals surface area contributed by atoms with Gasteiger partial charge in [-0.25, -0.2) is 4.39 Å². The van der Waals surface area contributed by atoms with Gasteiger partial charge >= 0.3 is 0 Å². The lowest BCUT2D eigenvalue weighted by molar-refractivity contribution is -0.119. The summed E-state index contributed by atoms with van der Waals surface area (Å²) in [6.07, 6.45) is 4.47. The Morgan fingerprint density at radius 2 is 2.00 bits per heavy atom. The summed E-state index contributed by atoms with van der Waals surface area (Å²) in [4.78, 5) is 13.4. The first-order valence-corrected chi connectivity index (χ1v) is 10.2. The zero-order chi connectivity index (χ0) is 20.6. The lowest BCUT2D eigenvalue weighted by Crippen LogP contribution is -2.28. The molecule has 0 aromatic heterocycles. The largest absolute Gasteiger partial charge is 0.490 e. The smallest absolute Gasteiger partial charge is 0.255 e. The summed E-state index contributed by atoms with van der Waals surface area (Å²) in [5.41, 5.74) is 7.29. The highest BCUT2D eigenvalue weighted by Crippen LogP contribution is 2.34. The lowest BCUT2D eigenvalue weighted by atomic mass is 10.00. The fourth-order valence-electron chi connectivity index (χ4n) is 3.87. The fraction of sp³-hybridized carbons (Fsp3) is 0.435. The van der Waals surface area contributed by atoms with Gasteiger partial charge in [-0.3, -0.25) is 9.69 Å². The minimum atomic E-state index is -0.529. The molecule has 2 aromatic carbocycles. The van der Waals surface area contributed by atoms with E-state index in [1.807, 2.05) is 31.2 Å². The summed E-state index contributed by atoms with van der Waals surface area (Å²) in [5.74, 6) is 0.385. The predicted octanol–water partition coefficient (Wildman–Crippen LogP) is 4.21. The Morgan fingerprint density at radius 3 is 2.76 bits per heavy atom. The number of carbonyl (C=O) groups is 1. The molecule has 2 aromatic rings. The first-order valence-electron chi connectivity index (χ1n) is 10.2. The maximum Gasteiger partial charge on any atom is 0.255 e. The molecule has 1 aliphatic heterocycles. The average molecular weight is 400 g/mol. The second kappa shape index (κ2) is 10.3. The molecule has 6 heteroatoms. The van der Waals surface area contributed by atoms with Crippen molar-refractivity contribution in [3.8, 4) is 11.5 Å². The van der Waals surface area contributed by atoms with Crippen molar-refractivity contribution in [3.05, 3.63) is 59.4 Å². The Balaban J connectivity index is 1.81. The molecule has 2 N–H and O–H groups in total. The van der Waals surface area contributed by atoms with Gasteiger partial charge in [-0.2, -0.15) is 0 Å². The van der Waals surface area contributed by atoms with Crippen LogP contribution in [-0.4, -0.2) is 30.6 Å². The Hall–Kier alpha value is -2.60. The minimum absolute atomic E-state index is 0.187. The van der Waals surface area contributed by atoms with Crippen LogP contribution in [0.15, 0.2) is 42.5 Å². The number of likely N-dealkylation sites (tertiary alicyclic amines) is 1. The number of rotatable bonds is 8. The number of carbonyl (C=O) groups excluding carboxylic acids is 1. The van der Waals surface area contributed by atoms with Gasteiger partial charge in [0.05, 0.1) is 6.61 Å². The normalized spacial score (nSPS) is 17.5. The van der Waals surface area contributed by atoms with Crippen LogP contribution in [0.2, 0.25) is 0 Å². The highest BCUT2D eigenvalue weighted by molar-refractivity contribution is 5.75. The topological polar surface area (TPSA) is 64.8 Å². The number of halogens is 1. The van der Waals surface area contributed by atoms with Gasteiger partial charge in [0, 0.05) is 12.6 Å². The van der Waals surface area contributed by atoms with E-state index in [-0.39, 0.29) is 18.5 Å². The molecule has 1 unspecified atom stereocenters. The number of amides is 1. The van der Waals surface area contributed by atoms with Crippen molar-refractivity contribution in [1.82, 2.24) is 4.90 Å². The molecule has 3 rings (SSSR count). The van der Waals surface area contributed by atoms with Crippen LogP contribution in [0.1, 0.15) is 49.8 Å². The third-order valence-electron chi connectivity index (χ3n) is 5.16. The van der Waals surface area contributed by atoms with Crippen molar-refractivity contribution in [2.75, 3.05) is 19.8 Å². The second-order valence-corrected chi connectivity index (χ2v) is 7.36. The zero-order valence-electron chi connectivity index (χ0n) is 16.9. The van der Waals surface area contributed by atoms with E-state index < -0.39 is 5.91 Å². The number of primary amides is 1. The van der Waals surface area contributed by atoms with Gasteiger partial charge in [-0.1, -0.05) is 31.0 Å². The number of hydrogen-bond acceptors (Lipinski definition) is 4. The van der Waals surface area contributed by atoms with Gasteiger partial charge in [-0.05, 0) is 61.7 Å². The molecule has 0 aliphatic carbocycles. The molecule has 1 fully saturated rings. The van der Waals surface area contributed by atoms with E-state index in [0.717, 1.165) is 43.5 Å². The van der Waals surface area contributed by atoms with Crippen LogP contribution in [0.4, 0.5) is 4.39 Å². The lowest BCUT2D eigenvalue weighted by Gasteiger charge is -2.30. The Labute approximate surface area is 171 Å². The standard InChI is InChI=1S/C23H29FN2O3/c1-2-28-22-13-17(10-11-21(22)29-16-23(25)27)15-26-12-5-3-4-9-20(26)18-7-6-8-19(24)14-18/h6-8,10-11,13-14,20H,2-5,9,12,15-16H2,1H3,(H2,25,27). The molecule has 1 saturated heterocycles. The number of benzene rings is 2. The number of hydrogen-bond donors (Lipinski definition) is 1. The van der Waals surface area contributed by atoms with Crippen LogP contribution in [0.5, 0.6) is 11.5 Å². The third kappa shape index (κ3) is 5.94. The van der Waals surface area contributed by atoms with Gasteiger partial charge < -0.3 is 15.2 Å². The van der Waals surface area contributed by atoms with E-state index in [0.29, 0.717) is 18.1 Å². The predicted molar refractivity (Wildman–Crippen MR) is 110 cm³/mol. The highest BCUT2D eigenvalue weighted by atomic mass is 19.1. The van der Waals surface area contributed by atoms with Gasteiger partial charge in [0.15, 0.2) is 18.1 Å². The van der Waals surface area contributed by atoms with Gasteiger partial charge in [0.25, 0.3) is 5.91 Å². The van der Waals surface area contributed by atoms with Gasteiger partial charge in [0.1, 0.15) is 5.82 Å². The summed E-state index contributed by atoms with van der Waals surface area (Å²) in [5, 5.41) is 0. The molecule has 29 heavy (non-hydrogen) atoms. The summed E-state index contributed by atoms with van der Waals surface area (Å²) in [6, 6.07) is 12.9. The van der Waals surface area contributed by atoms with Crippen LogP contribution in [0, 0.1) is 5.82 Å². The molecular formula is C23H29FN2O3. The van der Waals surface area contributed by atoms with Crippen molar-refractivity contribution in [2.45, 2.75) is 45.2 Å². The van der Waals surface area contributed by atoms with E-state index in [2.05, 4.69) is 4.90 Å². The summed E-state index contributed by atoms with van der Waals surface area (Å²) in [6.45, 7) is 3.90. The van der Waals surface area contributed by atoms with Crippen molar-refractivity contribution in [3.63, 3.8) is 0 Å². The molecule has 1 aliphatic rings. The monoisotopic (exact) mass is 400 g/mol. The Morgan fingerprint density at radius 1 is 1.14 bits per heavy atom. The molecule has 0 bridgehead atoms. The molecule has 1 atom stereocenters. The van der Waals surface area contributed by atoms with Crippen LogP contribution in [0.25, 0.3) is 0 Å². The summed E-state index contributed by atoms with van der Waals surface area (Å²) >= 11 is 0. The molecule has 0 saturated carbocycles. The first-order chi connectivity index (χ1) is 14.1.